The number of benzene rings is 1. The van der Waals surface area contributed by atoms with Gasteiger partial charge in [-0.05, 0) is 75.3 Å². The van der Waals surface area contributed by atoms with Gasteiger partial charge < -0.3 is 0 Å². The average molecular weight is 538 g/mol. The molecule has 2 aromatic heterocycles. The molecule has 1 saturated heterocycles. The number of alkyl halides is 3. The number of likely N-dealkylation sites (tertiary alicyclic amines) is 1. The van der Waals surface area contributed by atoms with Crippen molar-refractivity contribution in [1.29, 1.82) is 0 Å². The third kappa shape index (κ3) is 4.63. The van der Waals surface area contributed by atoms with Crippen molar-refractivity contribution in [3.8, 4) is 0 Å². The summed E-state index contributed by atoms with van der Waals surface area (Å²) in [5.41, 5.74) is 0.964. The fraction of sp³-hybridized carbons (Fsp3) is 0.500. The molecule has 3 heterocycles. The first-order valence-electron chi connectivity index (χ1n) is 12.3. The summed E-state index contributed by atoms with van der Waals surface area (Å²) in [5, 5.41) is 4.72. The molecule has 10 heteroatoms. The van der Waals surface area contributed by atoms with E-state index in [0.29, 0.717) is 39.3 Å². The highest BCUT2D eigenvalue weighted by Crippen LogP contribution is 2.39. The van der Waals surface area contributed by atoms with Gasteiger partial charge in [0.05, 0.1) is 17.9 Å². The van der Waals surface area contributed by atoms with Crippen molar-refractivity contribution < 1.29 is 13.2 Å². The van der Waals surface area contributed by atoms with Gasteiger partial charge in [-0.15, -0.1) is 0 Å². The smallest absolute Gasteiger partial charge is 0.297 e. The van der Waals surface area contributed by atoms with Gasteiger partial charge in [0.15, 0.2) is 11.3 Å². The lowest BCUT2D eigenvalue weighted by atomic mass is 9.83. The number of aromatic nitrogens is 4. The molecule has 5 rings (SSSR count). The molecule has 192 valence electrons. The van der Waals surface area contributed by atoms with Crippen molar-refractivity contribution in [2.24, 2.45) is 5.92 Å². The Morgan fingerprint density at radius 3 is 2.58 bits per heavy atom. The molecular weight excluding hydrogens is 510 g/mol. The van der Waals surface area contributed by atoms with E-state index in [1.54, 1.807) is 25.1 Å². The molecule has 0 N–H and O–H groups in total. The first-order chi connectivity index (χ1) is 17.0. The van der Waals surface area contributed by atoms with Crippen LogP contribution in [0.15, 0.2) is 30.5 Å². The molecule has 3 unspecified atom stereocenters. The number of hydrogen-bond acceptors (Lipinski definition) is 4. The molecule has 0 spiro atoms. The van der Waals surface area contributed by atoms with Crippen LogP contribution in [0.1, 0.15) is 69.4 Å². The topological polar surface area (TPSA) is 46.8 Å². The molecular formula is C26H28Cl2F3N5. The molecule has 0 radical (unpaired) electrons. The lowest BCUT2D eigenvalue weighted by Gasteiger charge is -2.38. The normalized spacial score (nSPS) is 24.3. The Bertz CT molecular complexity index is 1320. The van der Waals surface area contributed by atoms with Crippen LogP contribution in [0.4, 0.5) is 13.2 Å². The lowest BCUT2D eigenvalue weighted by molar-refractivity contribution is -0.140. The second kappa shape index (κ2) is 9.62. The molecule has 1 aliphatic carbocycles. The molecule has 3 aromatic rings. The van der Waals surface area contributed by atoms with Crippen molar-refractivity contribution >= 4 is 39.9 Å². The van der Waals surface area contributed by atoms with Crippen molar-refractivity contribution in [3.05, 3.63) is 57.5 Å². The second-order valence-corrected chi connectivity index (χ2v) is 10.8. The summed E-state index contributed by atoms with van der Waals surface area (Å²) in [6.45, 7) is 7.38. The van der Waals surface area contributed by atoms with Gasteiger partial charge >= 0.3 is 6.18 Å². The van der Waals surface area contributed by atoms with E-state index in [1.165, 1.54) is 23.7 Å². The van der Waals surface area contributed by atoms with Crippen molar-refractivity contribution in [3.63, 3.8) is 0 Å². The summed E-state index contributed by atoms with van der Waals surface area (Å²) in [6, 6.07) is 5.35. The van der Waals surface area contributed by atoms with Crippen LogP contribution >= 0.6 is 23.2 Å². The summed E-state index contributed by atoms with van der Waals surface area (Å²) in [4.78, 5) is 11.5. The summed E-state index contributed by atoms with van der Waals surface area (Å²) in [7, 11) is 0. The Morgan fingerprint density at radius 1 is 1.17 bits per heavy atom. The summed E-state index contributed by atoms with van der Waals surface area (Å²) < 4.78 is 42.8. The molecule has 1 aromatic carbocycles. The fourth-order valence-electron chi connectivity index (χ4n) is 5.68. The largest absolute Gasteiger partial charge is 0.437 e. The molecule has 1 aliphatic heterocycles. The van der Waals surface area contributed by atoms with Gasteiger partial charge in [0.1, 0.15) is 5.52 Å². The van der Waals surface area contributed by atoms with Crippen LogP contribution in [0.2, 0.25) is 10.0 Å². The van der Waals surface area contributed by atoms with Crippen LogP contribution < -0.4 is 0 Å². The molecule has 1 fully saturated rings. The van der Waals surface area contributed by atoms with E-state index in [0.717, 1.165) is 25.0 Å². The predicted octanol–water partition coefficient (Wildman–Crippen LogP) is 7.43. The molecule has 0 amide bonds. The number of nitrogens with zero attached hydrogens (tertiary/aromatic N) is 5. The number of rotatable bonds is 4. The molecule has 36 heavy (non-hydrogen) atoms. The van der Waals surface area contributed by atoms with Gasteiger partial charge in [-0.2, -0.15) is 18.3 Å². The predicted molar refractivity (Wildman–Crippen MR) is 136 cm³/mol. The van der Waals surface area contributed by atoms with Gasteiger partial charge in [0.25, 0.3) is 0 Å². The van der Waals surface area contributed by atoms with Crippen LogP contribution in [0.5, 0.6) is 0 Å². The van der Waals surface area contributed by atoms with Crippen molar-refractivity contribution in [1.82, 2.24) is 24.6 Å². The monoisotopic (exact) mass is 537 g/mol. The zero-order chi connectivity index (χ0) is 25.8. The first-order valence-corrected chi connectivity index (χ1v) is 13.0. The Balaban J connectivity index is 1.55. The van der Waals surface area contributed by atoms with E-state index >= 15 is 0 Å². The average Bonchev–Trinajstić information content (AvgIpc) is 3.41. The van der Waals surface area contributed by atoms with E-state index in [2.05, 4.69) is 39.9 Å². The summed E-state index contributed by atoms with van der Waals surface area (Å²) in [5.74, 6) is 0.408. The number of allylic oxidation sites excluding steroid dienone is 1. The van der Waals surface area contributed by atoms with E-state index in [-0.39, 0.29) is 11.2 Å². The Kier molecular flexibility index (Phi) is 6.81. The standard InChI is InChI=1S/C26H28Cl2F3N5/c1-14-11-17(6-9-22(14)35-10-4-5-15(35)2)21-13-32-23-24(26(29,30)31)34-36(25(23)33-21)16(3)19-8-7-18(27)12-20(19)28/h6-8,12-16,22H,4-5,9-11H2,1-3H3/t14?,15-,16?,22?/m1/s1. The van der Waals surface area contributed by atoms with Crippen LogP contribution in [-0.4, -0.2) is 43.3 Å². The minimum atomic E-state index is -4.67. The minimum absolute atomic E-state index is 0.0854. The second-order valence-electron chi connectivity index (χ2n) is 10.0. The zero-order valence-electron chi connectivity index (χ0n) is 20.4. The SMILES string of the molecule is CC1CC(c2cnc3c(C(F)(F)F)nn(C(C)c4ccc(Cl)cc4Cl)c3n2)=CCC1N1CCC[C@H]1C. The Morgan fingerprint density at radius 2 is 1.94 bits per heavy atom. The van der Waals surface area contributed by atoms with E-state index < -0.39 is 17.9 Å². The molecule has 0 bridgehead atoms. The highest BCUT2D eigenvalue weighted by atomic mass is 35.5. The van der Waals surface area contributed by atoms with Crippen LogP contribution in [0, 0.1) is 5.92 Å². The van der Waals surface area contributed by atoms with Gasteiger partial charge in [0.2, 0.25) is 0 Å². The van der Waals surface area contributed by atoms with Crippen molar-refractivity contribution in [2.45, 2.75) is 70.8 Å². The maximum absolute atomic E-state index is 13.9. The maximum atomic E-state index is 13.9. The highest BCUT2D eigenvalue weighted by molar-refractivity contribution is 6.35. The summed E-state index contributed by atoms with van der Waals surface area (Å²) in [6.07, 6.45) is 3.10. The molecule has 5 nitrogen and oxygen atoms in total. The van der Waals surface area contributed by atoms with E-state index in [9.17, 15) is 13.2 Å². The van der Waals surface area contributed by atoms with Crippen LogP contribution in [0.3, 0.4) is 0 Å². The minimum Gasteiger partial charge on any atom is -0.297 e. The fourth-order valence-corrected chi connectivity index (χ4v) is 6.24. The van der Waals surface area contributed by atoms with Gasteiger partial charge in [-0.3, -0.25) is 4.90 Å². The molecule has 0 saturated carbocycles. The van der Waals surface area contributed by atoms with E-state index in [1.807, 2.05) is 0 Å². The Hall–Kier alpha value is -2.16. The zero-order valence-corrected chi connectivity index (χ0v) is 21.9. The third-order valence-electron chi connectivity index (χ3n) is 7.61. The quantitative estimate of drug-likeness (QED) is 0.347. The number of hydrogen-bond donors (Lipinski definition) is 0. The van der Waals surface area contributed by atoms with Gasteiger partial charge in [-0.25, -0.2) is 14.6 Å². The lowest BCUT2D eigenvalue weighted by Crippen LogP contribution is -2.42. The first kappa shape index (κ1) is 25.5. The van der Waals surface area contributed by atoms with Crippen LogP contribution in [0.25, 0.3) is 16.7 Å². The summed E-state index contributed by atoms with van der Waals surface area (Å²) >= 11 is 12.4. The van der Waals surface area contributed by atoms with Crippen molar-refractivity contribution in [2.75, 3.05) is 6.54 Å². The van der Waals surface area contributed by atoms with Gasteiger partial charge in [0, 0.05) is 22.1 Å². The third-order valence-corrected chi connectivity index (χ3v) is 8.18. The highest BCUT2D eigenvalue weighted by Gasteiger charge is 2.39. The number of halogens is 5. The molecule has 4 atom stereocenters. The van der Waals surface area contributed by atoms with Crippen LogP contribution in [-0.2, 0) is 6.18 Å². The van der Waals surface area contributed by atoms with Gasteiger partial charge in [-0.1, -0.05) is 42.3 Å². The van der Waals surface area contributed by atoms with E-state index in [4.69, 9.17) is 23.2 Å². The molecule has 2 aliphatic rings. The number of fused-ring (bicyclic) bond motifs is 1. The Labute approximate surface area is 218 Å². The maximum Gasteiger partial charge on any atom is 0.437 e.